The van der Waals surface area contributed by atoms with Gasteiger partial charge in [-0.3, -0.25) is 0 Å². The van der Waals surface area contributed by atoms with Crippen molar-refractivity contribution in [1.29, 1.82) is 0 Å². The number of halogens is 2. The Morgan fingerprint density at radius 3 is 2.67 bits per heavy atom. The van der Waals surface area contributed by atoms with Gasteiger partial charge in [-0.2, -0.15) is 0 Å². The number of anilines is 3. The van der Waals surface area contributed by atoms with Crippen LogP contribution < -0.4 is 10.2 Å². The fourth-order valence-electron chi connectivity index (χ4n) is 3.24. The summed E-state index contributed by atoms with van der Waals surface area (Å²) < 4.78 is 27.7. The highest BCUT2D eigenvalue weighted by molar-refractivity contribution is 5.61. The minimum atomic E-state index is -0.641. The fourth-order valence-corrected chi connectivity index (χ4v) is 3.24. The van der Waals surface area contributed by atoms with E-state index in [2.05, 4.69) is 27.1 Å². The average Bonchev–Trinajstić information content (AvgIpc) is 2.58. The quantitative estimate of drug-likeness (QED) is 0.890. The molecule has 1 aliphatic heterocycles. The number of para-hydroxylation sites is 1. The Hall–Kier alpha value is -2.24. The number of nitrogens with one attached hydrogen (secondary N) is 1. The second-order valence-corrected chi connectivity index (χ2v) is 6.13. The van der Waals surface area contributed by atoms with E-state index < -0.39 is 11.6 Å². The van der Waals surface area contributed by atoms with Crippen molar-refractivity contribution < 1.29 is 8.78 Å². The van der Waals surface area contributed by atoms with E-state index in [9.17, 15) is 8.78 Å². The number of benzene rings is 1. The molecule has 3 rings (SSSR count). The lowest BCUT2D eigenvalue weighted by atomic mass is 10.00. The third-order valence-electron chi connectivity index (χ3n) is 4.43. The van der Waals surface area contributed by atoms with E-state index in [1.807, 2.05) is 0 Å². The summed E-state index contributed by atoms with van der Waals surface area (Å²) in [5, 5.41) is 2.77. The Kier molecular flexibility index (Phi) is 4.92. The van der Waals surface area contributed by atoms with Gasteiger partial charge in [-0.1, -0.05) is 13.0 Å². The van der Waals surface area contributed by atoms with Crippen LogP contribution >= 0.6 is 0 Å². The normalized spacial score (nSPS) is 17.8. The number of piperidine rings is 1. The Morgan fingerprint density at radius 2 is 1.96 bits per heavy atom. The fraction of sp³-hybridized carbons (Fsp3) is 0.444. The number of hydrogen-bond donors (Lipinski definition) is 1. The molecule has 1 aromatic heterocycles. The molecule has 1 aliphatic rings. The van der Waals surface area contributed by atoms with Crippen LogP contribution in [0.25, 0.3) is 0 Å². The Balaban J connectivity index is 1.91. The third-order valence-corrected chi connectivity index (χ3v) is 4.43. The van der Waals surface area contributed by atoms with Crippen molar-refractivity contribution >= 4 is 17.3 Å². The molecule has 2 aromatic rings. The first-order chi connectivity index (χ1) is 11.6. The number of aromatic nitrogens is 2. The first-order valence-corrected chi connectivity index (χ1v) is 8.42. The summed E-state index contributed by atoms with van der Waals surface area (Å²) in [4.78, 5) is 11.1. The lowest BCUT2D eigenvalue weighted by Crippen LogP contribution is -2.39. The molecule has 24 heavy (non-hydrogen) atoms. The zero-order valence-electron chi connectivity index (χ0n) is 14.0. The summed E-state index contributed by atoms with van der Waals surface area (Å²) in [6.45, 7) is 4.91. The van der Waals surface area contributed by atoms with E-state index >= 15 is 0 Å². The van der Waals surface area contributed by atoms with Crippen LogP contribution in [0, 0.1) is 18.6 Å². The van der Waals surface area contributed by atoms with Gasteiger partial charge in [-0.25, -0.2) is 18.7 Å². The number of aryl methyl sites for hydroxylation is 1. The zero-order valence-corrected chi connectivity index (χ0v) is 14.0. The van der Waals surface area contributed by atoms with E-state index in [0.29, 0.717) is 17.7 Å². The highest BCUT2D eigenvalue weighted by Gasteiger charge is 2.23. The predicted octanol–water partition coefficient (Wildman–Crippen LogP) is 4.58. The number of nitrogens with zero attached hydrogens (tertiary/aromatic N) is 3. The summed E-state index contributed by atoms with van der Waals surface area (Å²) in [5.41, 5.74) is -0.188. The molecule has 0 radical (unpaired) electrons. The maximum Gasteiger partial charge on any atom is 0.149 e. The molecule has 0 aliphatic carbocycles. The van der Waals surface area contributed by atoms with Gasteiger partial charge in [0.25, 0.3) is 0 Å². The van der Waals surface area contributed by atoms with Crippen molar-refractivity contribution in [3.8, 4) is 0 Å². The van der Waals surface area contributed by atoms with Crippen molar-refractivity contribution in [1.82, 2.24) is 9.97 Å². The van der Waals surface area contributed by atoms with Crippen LogP contribution in [0.1, 0.15) is 38.4 Å². The van der Waals surface area contributed by atoms with E-state index in [-0.39, 0.29) is 5.69 Å². The molecule has 1 aromatic carbocycles. The number of rotatable bonds is 4. The monoisotopic (exact) mass is 332 g/mol. The SMILES string of the molecule is CCC1CCCCN1c1cc(Nc2c(F)cccc2F)nc(C)n1. The van der Waals surface area contributed by atoms with Crippen molar-refractivity contribution in [2.45, 2.75) is 45.6 Å². The van der Waals surface area contributed by atoms with E-state index in [4.69, 9.17) is 0 Å². The van der Waals surface area contributed by atoms with Gasteiger partial charge >= 0.3 is 0 Å². The second-order valence-electron chi connectivity index (χ2n) is 6.13. The third kappa shape index (κ3) is 3.47. The van der Waals surface area contributed by atoms with Gasteiger partial charge in [0.15, 0.2) is 0 Å². The lowest BCUT2D eigenvalue weighted by molar-refractivity contribution is 0.446. The molecule has 4 nitrogen and oxygen atoms in total. The largest absolute Gasteiger partial charge is 0.353 e. The topological polar surface area (TPSA) is 41.0 Å². The Morgan fingerprint density at radius 1 is 1.21 bits per heavy atom. The van der Waals surface area contributed by atoms with Gasteiger partial charge in [0.1, 0.15) is 34.8 Å². The van der Waals surface area contributed by atoms with Gasteiger partial charge in [0, 0.05) is 18.7 Å². The van der Waals surface area contributed by atoms with Crippen LogP contribution in [0.4, 0.5) is 26.1 Å². The molecular formula is C18H22F2N4. The van der Waals surface area contributed by atoms with Crippen LogP contribution in [-0.4, -0.2) is 22.6 Å². The summed E-state index contributed by atoms with van der Waals surface area (Å²) >= 11 is 0. The van der Waals surface area contributed by atoms with Crippen molar-refractivity contribution in [2.24, 2.45) is 0 Å². The average molecular weight is 332 g/mol. The lowest BCUT2D eigenvalue weighted by Gasteiger charge is -2.36. The predicted molar refractivity (Wildman–Crippen MR) is 91.7 cm³/mol. The Labute approximate surface area is 140 Å². The molecule has 0 bridgehead atoms. The second kappa shape index (κ2) is 7.11. The smallest absolute Gasteiger partial charge is 0.149 e. The van der Waals surface area contributed by atoms with Crippen LogP contribution in [0.5, 0.6) is 0 Å². The summed E-state index contributed by atoms with van der Waals surface area (Å²) in [6.07, 6.45) is 4.55. The van der Waals surface area contributed by atoms with Crippen LogP contribution in [0.2, 0.25) is 0 Å². The zero-order chi connectivity index (χ0) is 17.1. The first kappa shape index (κ1) is 16.6. The van der Waals surface area contributed by atoms with Gasteiger partial charge in [-0.05, 0) is 44.7 Å². The first-order valence-electron chi connectivity index (χ1n) is 8.42. The molecule has 1 saturated heterocycles. The van der Waals surface area contributed by atoms with E-state index in [0.717, 1.165) is 31.6 Å². The van der Waals surface area contributed by atoms with Gasteiger partial charge in [-0.15, -0.1) is 0 Å². The minimum Gasteiger partial charge on any atom is -0.353 e. The van der Waals surface area contributed by atoms with Crippen LogP contribution in [0.3, 0.4) is 0 Å². The molecule has 0 amide bonds. The van der Waals surface area contributed by atoms with Crippen molar-refractivity contribution in [2.75, 3.05) is 16.8 Å². The molecule has 1 fully saturated rings. The molecule has 6 heteroatoms. The van der Waals surface area contributed by atoms with Gasteiger partial charge < -0.3 is 10.2 Å². The molecule has 1 N–H and O–H groups in total. The summed E-state index contributed by atoms with van der Waals surface area (Å²) in [6, 6.07) is 6.00. The molecular weight excluding hydrogens is 310 g/mol. The molecule has 0 spiro atoms. The summed E-state index contributed by atoms with van der Waals surface area (Å²) in [7, 11) is 0. The number of hydrogen-bond acceptors (Lipinski definition) is 4. The molecule has 2 heterocycles. The molecule has 128 valence electrons. The highest BCUT2D eigenvalue weighted by Crippen LogP contribution is 2.28. The molecule has 0 saturated carbocycles. The highest BCUT2D eigenvalue weighted by atomic mass is 19.1. The van der Waals surface area contributed by atoms with E-state index in [1.54, 1.807) is 13.0 Å². The van der Waals surface area contributed by atoms with Gasteiger partial charge in [0.2, 0.25) is 0 Å². The maximum absolute atomic E-state index is 13.9. The standard InChI is InChI=1S/C18H22F2N4/c1-3-13-7-4-5-10-24(13)17-11-16(21-12(2)22-17)23-18-14(19)8-6-9-15(18)20/h6,8-9,11,13H,3-5,7,10H2,1-2H3,(H,21,22,23). The van der Waals surface area contributed by atoms with Crippen LogP contribution in [0.15, 0.2) is 24.3 Å². The van der Waals surface area contributed by atoms with Crippen LogP contribution in [-0.2, 0) is 0 Å². The van der Waals surface area contributed by atoms with E-state index in [1.165, 1.54) is 24.6 Å². The summed E-state index contributed by atoms with van der Waals surface area (Å²) in [5.74, 6) is 0.511. The Bertz CT molecular complexity index is 700. The van der Waals surface area contributed by atoms with Gasteiger partial charge in [0.05, 0.1) is 0 Å². The molecule has 1 unspecified atom stereocenters. The molecule has 1 atom stereocenters. The maximum atomic E-state index is 13.9. The van der Waals surface area contributed by atoms with Crippen molar-refractivity contribution in [3.63, 3.8) is 0 Å². The van der Waals surface area contributed by atoms with Crippen molar-refractivity contribution in [3.05, 3.63) is 41.7 Å². The minimum absolute atomic E-state index is 0.188.